The van der Waals surface area contributed by atoms with Gasteiger partial charge >= 0.3 is 0 Å². The third-order valence-corrected chi connectivity index (χ3v) is 6.46. The fourth-order valence-corrected chi connectivity index (χ4v) is 4.29. The van der Waals surface area contributed by atoms with Crippen LogP contribution in [0.4, 0.5) is 0 Å². The number of hydrogen-bond acceptors (Lipinski definition) is 0. The van der Waals surface area contributed by atoms with Gasteiger partial charge in [0.2, 0.25) is 0 Å². The Morgan fingerprint density at radius 3 is 1.88 bits per heavy atom. The van der Waals surface area contributed by atoms with Crippen molar-refractivity contribution >= 4 is 0 Å². The van der Waals surface area contributed by atoms with E-state index in [0.29, 0.717) is 5.41 Å². The summed E-state index contributed by atoms with van der Waals surface area (Å²) in [6, 6.07) is 0. The van der Waals surface area contributed by atoms with Gasteiger partial charge in [-0.3, -0.25) is 0 Å². The first-order valence-electron chi connectivity index (χ1n) is 7.82. The highest BCUT2D eigenvalue weighted by Crippen LogP contribution is 2.68. The molecule has 17 heavy (non-hydrogen) atoms. The molecule has 0 aromatic rings. The van der Waals surface area contributed by atoms with Crippen molar-refractivity contribution in [2.24, 2.45) is 40.9 Å². The van der Waals surface area contributed by atoms with Crippen LogP contribution in [0.2, 0.25) is 0 Å². The third-order valence-electron chi connectivity index (χ3n) is 6.46. The molecule has 1 saturated carbocycles. The van der Waals surface area contributed by atoms with Gasteiger partial charge < -0.3 is 0 Å². The minimum Gasteiger partial charge on any atom is -0.0651 e. The van der Waals surface area contributed by atoms with Gasteiger partial charge in [0, 0.05) is 0 Å². The van der Waals surface area contributed by atoms with Crippen LogP contribution in [0.3, 0.4) is 0 Å². The minimum atomic E-state index is 0.624. The Kier molecular flexibility index (Phi) is 4.72. The van der Waals surface area contributed by atoms with Gasteiger partial charge in [-0.2, -0.15) is 0 Å². The van der Waals surface area contributed by atoms with E-state index in [1.807, 2.05) is 0 Å². The second-order valence-corrected chi connectivity index (χ2v) is 7.17. The molecule has 0 aromatic heterocycles. The largest absolute Gasteiger partial charge is 0.0651 e. The molecule has 0 N–H and O–H groups in total. The lowest BCUT2D eigenvalue weighted by Crippen LogP contribution is -2.23. The van der Waals surface area contributed by atoms with Gasteiger partial charge in [0.1, 0.15) is 0 Å². The highest BCUT2D eigenvalue weighted by atomic mass is 14.7. The van der Waals surface area contributed by atoms with Crippen molar-refractivity contribution < 1.29 is 0 Å². The highest BCUT2D eigenvalue weighted by Gasteiger charge is 2.63. The molecule has 0 heteroatoms. The summed E-state index contributed by atoms with van der Waals surface area (Å²) in [5.41, 5.74) is 0.624. The molecule has 1 aliphatic rings. The molecule has 0 saturated heterocycles. The van der Waals surface area contributed by atoms with E-state index in [1.54, 1.807) is 0 Å². The summed E-state index contributed by atoms with van der Waals surface area (Å²) in [6.45, 7) is 19.5. The van der Waals surface area contributed by atoms with Gasteiger partial charge in [0.25, 0.3) is 0 Å². The average Bonchev–Trinajstić information content (AvgIpc) is 2.83. The van der Waals surface area contributed by atoms with Crippen LogP contribution in [0.15, 0.2) is 0 Å². The minimum absolute atomic E-state index is 0.624. The molecule has 0 nitrogen and oxygen atoms in total. The summed E-state index contributed by atoms with van der Waals surface area (Å²) < 4.78 is 0. The molecular formula is C17H34. The van der Waals surface area contributed by atoms with Crippen LogP contribution in [0.25, 0.3) is 0 Å². The molecule has 0 bridgehead atoms. The zero-order valence-electron chi connectivity index (χ0n) is 13.4. The fourth-order valence-electron chi connectivity index (χ4n) is 4.29. The first-order chi connectivity index (χ1) is 7.82. The van der Waals surface area contributed by atoms with Crippen molar-refractivity contribution in [2.75, 3.05) is 0 Å². The number of rotatable bonds is 6. The summed E-state index contributed by atoms with van der Waals surface area (Å²) in [7, 11) is 0. The number of hydrogen-bond donors (Lipinski definition) is 0. The van der Waals surface area contributed by atoms with E-state index >= 15 is 0 Å². The maximum Gasteiger partial charge on any atom is -0.0238 e. The normalized spacial score (nSPS) is 37.9. The third kappa shape index (κ3) is 2.42. The maximum atomic E-state index is 2.55. The van der Waals surface area contributed by atoms with Crippen LogP contribution in [-0.2, 0) is 0 Å². The molecule has 0 radical (unpaired) electrons. The lowest BCUT2D eigenvalue weighted by molar-refractivity contribution is 0.192. The Labute approximate surface area is 110 Å². The monoisotopic (exact) mass is 238 g/mol. The van der Waals surface area contributed by atoms with Crippen molar-refractivity contribution in [2.45, 2.75) is 68.2 Å². The van der Waals surface area contributed by atoms with Gasteiger partial charge in [-0.05, 0) is 40.9 Å². The van der Waals surface area contributed by atoms with E-state index in [9.17, 15) is 0 Å². The van der Waals surface area contributed by atoms with Gasteiger partial charge in [0.05, 0.1) is 0 Å². The van der Waals surface area contributed by atoms with E-state index in [2.05, 4.69) is 55.4 Å². The molecule has 0 aliphatic heterocycles. The molecule has 0 heterocycles. The van der Waals surface area contributed by atoms with E-state index in [-0.39, 0.29) is 0 Å². The Balaban J connectivity index is 2.80. The van der Waals surface area contributed by atoms with Crippen molar-refractivity contribution in [1.29, 1.82) is 0 Å². The molecule has 1 aliphatic carbocycles. The first kappa shape index (κ1) is 15.1. The summed E-state index contributed by atoms with van der Waals surface area (Å²) in [4.78, 5) is 0. The summed E-state index contributed by atoms with van der Waals surface area (Å²) in [6.07, 6.45) is 2.70. The van der Waals surface area contributed by atoms with Crippen molar-refractivity contribution in [1.82, 2.24) is 0 Å². The predicted molar refractivity (Wildman–Crippen MR) is 78.0 cm³/mol. The zero-order chi connectivity index (χ0) is 13.4. The summed E-state index contributed by atoms with van der Waals surface area (Å²) in [5, 5.41) is 0. The van der Waals surface area contributed by atoms with Crippen LogP contribution in [0.1, 0.15) is 68.2 Å². The van der Waals surface area contributed by atoms with Crippen molar-refractivity contribution in [3.8, 4) is 0 Å². The lowest BCUT2D eigenvalue weighted by Gasteiger charge is -2.30. The van der Waals surface area contributed by atoms with E-state index in [1.165, 1.54) is 12.8 Å². The Hall–Kier alpha value is 0. The second-order valence-electron chi connectivity index (χ2n) is 7.17. The van der Waals surface area contributed by atoms with Crippen LogP contribution in [-0.4, -0.2) is 0 Å². The van der Waals surface area contributed by atoms with Gasteiger partial charge in [-0.15, -0.1) is 0 Å². The second kappa shape index (κ2) is 5.33. The first-order valence-corrected chi connectivity index (χ1v) is 7.82. The van der Waals surface area contributed by atoms with Gasteiger partial charge in [-0.25, -0.2) is 0 Å². The van der Waals surface area contributed by atoms with Gasteiger partial charge in [0.15, 0.2) is 0 Å². The van der Waals surface area contributed by atoms with Crippen LogP contribution >= 0.6 is 0 Å². The molecule has 102 valence electrons. The van der Waals surface area contributed by atoms with Crippen molar-refractivity contribution in [3.63, 3.8) is 0 Å². The molecule has 0 amide bonds. The zero-order valence-corrected chi connectivity index (χ0v) is 13.4. The van der Waals surface area contributed by atoms with Crippen LogP contribution in [0.5, 0.6) is 0 Å². The molecule has 1 rings (SSSR count). The van der Waals surface area contributed by atoms with E-state index in [4.69, 9.17) is 0 Å². The highest BCUT2D eigenvalue weighted by molar-refractivity contribution is 5.10. The predicted octanol–water partition coefficient (Wildman–Crippen LogP) is 5.62. The average molecular weight is 238 g/mol. The standard InChI is InChI=1S/C17H34/c1-9-12(5)17(8)14(7)16(17)15(10-2)13(6)11(3)4/h11-16H,9-10H2,1-8H3. The fraction of sp³-hybridized carbons (Fsp3) is 1.00. The van der Waals surface area contributed by atoms with E-state index < -0.39 is 0 Å². The summed E-state index contributed by atoms with van der Waals surface area (Å²) >= 11 is 0. The van der Waals surface area contributed by atoms with Crippen molar-refractivity contribution in [3.05, 3.63) is 0 Å². The topological polar surface area (TPSA) is 0 Å². The quantitative estimate of drug-likeness (QED) is 0.563. The maximum absolute atomic E-state index is 2.55. The Morgan fingerprint density at radius 2 is 1.53 bits per heavy atom. The van der Waals surface area contributed by atoms with Crippen LogP contribution in [0, 0.1) is 40.9 Å². The molecule has 6 unspecified atom stereocenters. The lowest BCUT2D eigenvalue weighted by atomic mass is 9.76. The Morgan fingerprint density at radius 1 is 1.00 bits per heavy atom. The molecule has 0 spiro atoms. The smallest absolute Gasteiger partial charge is 0.0238 e. The van der Waals surface area contributed by atoms with Crippen LogP contribution < -0.4 is 0 Å². The SMILES string of the molecule is CCC(C(C)C(C)C)C1C(C)C1(C)C(C)CC. The molecular weight excluding hydrogens is 204 g/mol. The van der Waals surface area contributed by atoms with Gasteiger partial charge in [-0.1, -0.05) is 68.2 Å². The van der Waals surface area contributed by atoms with E-state index in [0.717, 1.165) is 35.5 Å². The molecule has 0 aromatic carbocycles. The molecule has 6 atom stereocenters. The molecule has 1 fully saturated rings. The Bertz CT molecular complexity index is 242. The summed E-state index contributed by atoms with van der Waals surface area (Å²) in [5.74, 6) is 5.43.